The minimum Gasteiger partial charge on any atom is -0.507 e. The van der Waals surface area contributed by atoms with Crippen molar-refractivity contribution >= 4 is 45.6 Å². The normalized spacial score (nSPS) is 35.4. The van der Waals surface area contributed by atoms with E-state index in [1.165, 1.54) is 59.3 Å². The first kappa shape index (κ1) is 43.8. The highest BCUT2D eigenvalue weighted by atomic mass is 16.7. The van der Waals surface area contributed by atoms with Crippen molar-refractivity contribution in [2.24, 2.45) is 29.6 Å². The number of phenols is 2. The highest BCUT2D eigenvalue weighted by molar-refractivity contribution is 6.23. The summed E-state index contributed by atoms with van der Waals surface area (Å²) in [4.78, 5) is 54.0. The molecule has 4 heterocycles. The largest absolute Gasteiger partial charge is 0.507 e. The van der Waals surface area contributed by atoms with Gasteiger partial charge in [-0.15, -0.1) is 0 Å². The van der Waals surface area contributed by atoms with Crippen molar-refractivity contribution in [1.82, 2.24) is 0 Å². The topological polar surface area (TPSA) is 240 Å². The van der Waals surface area contributed by atoms with Crippen LogP contribution in [0, 0.1) is 36.5 Å². The Bertz CT molecular complexity index is 2080. The van der Waals surface area contributed by atoms with Crippen molar-refractivity contribution < 1.29 is 68.4 Å². The van der Waals surface area contributed by atoms with Crippen LogP contribution in [0.2, 0.25) is 0 Å². The number of aromatic hydroxyl groups is 2. The molecule has 2 aromatic carbocycles. The monoisotopic (exact) mass is 824 g/mol. The van der Waals surface area contributed by atoms with Gasteiger partial charge >= 0.3 is 11.8 Å². The number of amides is 1. The lowest BCUT2D eigenvalue weighted by molar-refractivity contribution is -0.161. The number of Topliss-reactive ketones (excluding diaryl/α,β-unsaturated/α-hetero) is 1. The summed E-state index contributed by atoms with van der Waals surface area (Å²) in [6.45, 7) is 12.4. The summed E-state index contributed by atoms with van der Waals surface area (Å²) in [5, 5.41) is 62.4. The molecule has 16 heteroatoms. The van der Waals surface area contributed by atoms with Crippen LogP contribution >= 0.6 is 0 Å². The van der Waals surface area contributed by atoms with E-state index in [0.29, 0.717) is 19.3 Å². The van der Waals surface area contributed by atoms with Crippen LogP contribution in [0.25, 0.3) is 10.8 Å². The van der Waals surface area contributed by atoms with Gasteiger partial charge in [0.15, 0.2) is 17.8 Å². The molecule has 0 aromatic heterocycles. The second kappa shape index (κ2) is 16.7. The van der Waals surface area contributed by atoms with Gasteiger partial charge in [0.25, 0.3) is 11.7 Å². The zero-order valence-electron chi connectivity index (χ0n) is 34.8. The van der Waals surface area contributed by atoms with Crippen LogP contribution in [0.3, 0.4) is 0 Å². The highest BCUT2D eigenvalue weighted by Gasteiger charge is 2.51. The maximum absolute atomic E-state index is 14.6. The number of ether oxygens (including phenoxy) is 5. The van der Waals surface area contributed by atoms with E-state index in [-0.39, 0.29) is 44.6 Å². The molecule has 1 amide bonds. The van der Waals surface area contributed by atoms with Gasteiger partial charge in [-0.25, -0.2) is 0 Å². The van der Waals surface area contributed by atoms with Gasteiger partial charge in [-0.1, -0.05) is 20.8 Å². The Hall–Kier alpha value is -4.74. The van der Waals surface area contributed by atoms with Crippen LogP contribution in [0.4, 0.5) is 11.4 Å². The van der Waals surface area contributed by atoms with E-state index in [9.17, 15) is 44.7 Å². The zero-order chi connectivity index (χ0) is 43.4. The van der Waals surface area contributed by atoms with Crippen LogP contribution in [0.15, 0.2) is 30.1 Å². The summed E-state index contributed by atoms with van der Waals surface area (Å²) < 4.78 is 29.4. The minimum absolute atomic E-state index is 0.00610. The van der Waals surface area contributed by atoms with Gasteiger partial charge < -0.3 is 59.9 Å². The second-order valence-electron chi connectivity index (χ2n) is 16.7. The predicted molar refractivity (Wildman–Crippen MR) is 214 cm³/mol. The Labute approximate surface area is 342 Å². The summed E-state index contributed by atoms with van der Waals surface area (Å²) in [6, 6.07) is 0.977. The van der Waals surface area contributed by atoms with E-state index >= 15 is 0 Å². The molecule has 1 saturated heterocycles. The Morgan fingerprint density at radius 2 is 1.66 bits per heavy atom. The summed E-state index contributed by atoms with van der Waals surface area (Å²) in [6.07, 6.45) is -0.567. The number of fused-ring (bicyclic) bond motifs is 12. The molecule has 59 heavy (non-hydrogen) atoms. The van der Waals surface area contributed by atoms with Gasteiger partial charge in [0.2, 0.25) is 0 Å². The fourth-order valence-corrected chi connectivity index (χ4v) is 8.79. The number of hydrogen-bond acceptors (Lipinski definition) is 15. The Morgan fingerprint density at radius 3 is 2.31 bits per heavy atom. The smallest absolute Gasteiger partial charge is 0.312 e. The molecule has 7 rings (SSSR count). The maximum Gasteiger partial charge on any atom is 0.312 e. The number of carbonyl (C=O) groups excluding carboxylic acids is 4. The van der Waals surface area contributed by atoms with E-state index in [1.54, 1.807) is 27.7 Å². The standard InChI is InChI=1S/C43H56N2O14/c1-17-14-29(47)24-15-25(24)36(50)19(3)35(49)20(4)39(58-23(7)46)18(2)30(55-9)12-13-56-43(8)41(53)34-32-27(44-26-10-11-31(48)57-22(26)6)16-28(45-42(17)54)38(52)33(32)37(51)21(5)40(34)59-43/h12-14,16,18-20,22,24-26,30-31,35-36,39,44,48-52H,10-11,15H2,1-9H3,(H,45,54)/t18-,19+,20-,22+,24+,25+,26-,30-,31+,35-,36-,39+,43-/m1/s1. The van der Waals surface area contributed by atoms with Crippen LogP contribution in [0.5, 0.6) is 17.2 Å². The van der Waals surface area contributed by atoms with Crippen LogP contribution < -0.4 is 15.4 Å². The molecule has 0 radical (unpaired) electrons. The number of carbonyl (C=O) groups is 4. The van der Waals surface area contributed by atoms with Gasteiger partial charge in [0.1, 0.15) is 17.6 Å². The number of rotatable bonds is 4. The minimum atomic E-state index is -2.00. The van der Waals surface area contributed by atoms with E-state index in [0.717, 1.165) is 0 Å². The summed E-state index contributed by atoms with van der Waals surface area (Å²) in [7, 11) is 1.43. The predicted octanol–water partition coefficient (Wildman–Crippen LogP) is 4.36. The van der Waals surface area contributed by atoms with Crippen molar-refractivity contribution in [1.29, 1.82) is 0 Å². The van der Waals surface area contributed by atoms with E-state index in [4.69, 9.17) is 23.7 Å². The first-order chi connectivity index (χ1) is 27.7. The van der Waals surface area contributed by atoms with Gasteiger partial charge in [0.05, 0.1) is 53.4 Å². The Morgan fingerprint density at radius 1 is 0.966 bits per heavy atom. The van der Waals surface area contributed by atoms with Crippen molar-refractivity contribution in [3.63, 3.8) is 0 Å². The molecular formula is C43H56N2O14. The number of allylic oxidation sites excluding steroid dienone is 1. The van der Waals surface area contributed by atoms with Gasteiger partial charge in [-0.05, 0) is 57.7 Å². The average molecular weight is 825 g/mol. The zero-order valence-corrected chi connectivity index (χ0v) is 34.8. The van der Waals surface area contributed by atoms with Crippen LogP contribution in [-0.2, 0) is 33.3 Å². The number of aliphatic hydroxyl groups excluding tert-OH is 3. The van der Waals surface area contributed by atoms with Crippen LogP contribution in [0.1, 0.15) is 83.7 Å². The molecule has 16 nitrogen and oxygen atoms in total. The number of phenolic OH excluding ortho intramolecular Hbond substituents is 2. The van der Waals surface area contributed by atoms with Gasteiger partial charge in [0, 0.05) is 73.3 Å². The van der Waals surface area contributed by atoms with Gasteiger partial charge in [-0.2, -0.15) is 0 Å². The van der Waals surface area contributed by atoms with Crippen molar-refractivity contribution in [3.8, 4) is 17.2 Å². The molecule has 5 bridgehead atoms. The summed E-state index contributed by atoms with van der Waals surface area (Å²) >= 11 is 0. The fourth-order valence-electron chi connectivity index (χ4n) is 8.79. The second-order valence-corrected chi connectivity index (χ2v) is 16.7. The number of benzene rings is 2. The number of nitrogens with one attached hydrogen (secondary N) is 2. The van der Waals surface area contributed by atoms with Crippen LogP contribution in [-0.4, -0.2) is 105 Å². The fraction of sp³-hybridized carbons (Fsp3) is 0.581. The molecule has 0 spiro atoms. The maximum atomic E-state index is 14.6. The third kappa shape index (κ3) is 8.25. The lowest BCUT2D eigenvalue weighted by Crippen LogP contribution is -2.46. The number of anilines is 2. The number of aliphatic hydroxyl groups is 3. The Balaban J connectivity index is 1.49. The van der Waals surface area contributed by atoms with Crippen molar-refractivity contribution in [2.75, 3.05) is 17.7 Å². The first-order valence-corrected chi connectivity index (χ1v) is 20.0. The molecule has 1 saturated carbocycles. The first-order valence-electron chi connectivity index (χ1n) is 20.0. The van der Waals surface area contributed by atoms with E-state index in [1.807, 2.05) is 0 Å². The lowest BCUT2D eigenvalue weighted by Gasteiger charge is -2.37. The molecule has 2 aromatic rings. The number of hydrogen-bond donors (Lipinski definition) is 7. The molecule has 5 aliphatic rings. The molecule has 2 fully saturated rings. The van der Waals surface area contributed by atoms with E-state index in [2.05, 4.69) is 10.6 Å². The third-order valence-electron chi connectivity index (χ3n) is 12.6. The quantitative estimate of drug-likeness (QED) is 0.129. The van der Waals surface area contributed by atoms with Gasteiger partial charge in [-0.3, -0.25) is 19.2 Å². The molecule has 13 atom stereocenters. The third-order valence-corrected chi connectivity index (χ3v) is 12.6. The Kier molecular flexibility index (Phi) is 12.4. The molecule has 0 unspecified atom stereocenters. The molecule has 322 valence electrons. The number of esters is 1. The summed E-state index contributed by atoms with van der Waals surface area (Å²) in [5.41, 5.74) is 0.142. The highest BCUT2D eigenvalue weighted by Crippen LogP contribution is 2.54. The van der Waals surface area contributed by atoms with Crippen molar-refractivity contribution in [3.05, 3.63) is 41.2 Å². The molecule has 4 aliphatic heterocycles. The number of methoxy groups -OCH3 is 1. The number of ketones is 2. The molecule has 7 N–H and O–H groups in total. The summed E-state index contributed by atoms with van der Waals surface area (Å²) in [5.74, 6) is -8.63. The SMILES string of the molecule is CO[C@@H]1C=CO[C@]2(C)Oc3c(C)c(O)c4c(O)c(cc(N[C@@H]5CC[C@@H](O)O[C@H]5C)c4c3C2=O)NC(=O)C(C)=CC(=O)[C@H]2C[C@@H]2[C@H](O)[C@@H](C)[C@@H](O)[C@@H](C)[C@@H](OC(C)=O)[C@@H]1C. The van der Waals surface area contributed by atoms with Crippen molar-refractivity contribution in [2.45, 2.75) is 123 Å². The molecular weight excluding hydrogens is 768 g/mol. The average Bonchev–Trinajstić information content (AvgIpc) is 3.94. The van der Waals surface area contributed by atoms with E-state index < -0.39 is 113 Å². The molecule has 1 aliphatic carbocycles. The lowest BCUT2D eigenvalue weighted by atomic mass is 9.79.